The van der Waals surface area contributed by atoms with Gasteiger partial charge < -0.3 is 5.32 Å². The molecule has 5 nitrogen and oxygen atoms in total. The van der Waals surface area contributed by atoms with Crippen molar-refractivity contribution in [3.63, 3.8) is 0 Å². The van der Waals surface area contributed by atoms with Gasteiger partial charge in [-0.3, -0.25) is 14.4 Å². The number of hydrogen-bond acceptors (Lipinski definition) is 3. The van der Waals surface area contributed by atoms with Gasteiger partial charge in [-0.05, 0) is 30.3 Å². The second kappa shape index (κ2) is 5.27. The number of benzene rings is 2. The van der Waals surface area contributed by atoms with Crippen molar-refractivity contribution in [2.24, 2.45) is 0 Å². The topological polar surface area (TPSA) is 66.5 Å². The summed E-state index contributed by atoms with van der Waals surface area (Å²) in [6, 6.07) is 11.1. The fraction of sp³-hybridized carbons (Fsp3) is 0.0625. The minimum absolute atomic E-state index is 0.207. The number of carbonyl (C=O) groups is 3. The minimum Gasteiger partial charge on any atom is -0.355 e. The van der Waals surface area contributed by atoms with Crippen LogP contribution in [0.4, 0.5) is 5.69 Å². The van der Waals surface area contributed by atoms with E-state index in [0.717, 1.165) is 4.90 Å². The van der Waals surface area contributed by atoms with Crippen molar-refractivity contribution >= 4 is 35.0 Å². The first-order valence-electron chi connectivity index (χ1n) is 6.54. The van der Waals surface area contributed by atoms with E-state index in [9.17, 15) is 14.4 Å². The smallest absolute Gasteiger partial charge is 0.266 e. The second-order valence-electron chi connectivity index (χ2n) is 4.73. The molecule has 0 fully saturated rings. The van der Waals surface area contributed by atoms with Gasteiger partial charge in [-0.1, -0.05) is 23.7 Å². The lowest BCUT2D eigenvalue weighted by atomic mass is 10.1. The Bertz CT molecular complexity index is 782. The Morgan fingerprint density at radius 1 is 1.05 bits per heavy atom. The van der Waals surface area contributed by atoms with Gasteiger partial charge in [-0.25, -0.2) is 4.90 Å². The van der Waals surface area contributed by atoms with Gasteiger partial charge in [-0.2, -0.15) is 0 Å². The third-order valence-electron chi connectivity index (χ3n) is 3.47. The minimum atomic E-state index is -0.411. The van der Waals surface area contributed by atoms with Crippen LogP contribution in [0.2, 0.25) is 5.02 Å². The number of fused-ring (bicyclic) bond motifs is 1. The van der Waals surface area contributed by atoms with Gasteiger partial charge >= 0.3 is 0 Å². The average molecular weight is 315 g/mol. The van der Waals surface area contributed by atoms with Gasteiger partial charge in [0.15, 0.2) is 0 Å². The number of imide groups is 1. The molecular weight excluding hydrogens is 304 g/mol. The zero-order chi connectivity index (χ0) is 15.9. The van der Waals surface area contributed by atoms with E-state index in [1.54, 1.807) is 24.3 Å². The van der Waals surface area contributed by atoms with Crippen LogP contribution in [0.3, 0.4) is 0 Å². The van der Waals surface area contributed by atoms with Crippen LogP contribution in [0.1, 0.15) is 31.1 Å². The molecule has 2 aromatic carbocycles. The van der Waals surface area contributed by atoms with Crippen molar-refractivity contribution in [3.8, 4) is 0 Å². The van der Waals surface area contributed by atoms with Crippen LogP contribution < -0.4 is 10.2 Å². The molecule has 6 heteroatoms. The summed E-state index contributed by atoms with van der Waals surface area (Å²) in [5.41, 5.74) is 1.22. The quantitative estimate of drug-likeness (QED) is 0.866. The maximum absolute atomic E-state index is 12.4. The Morgan fingerprint density at radius 3 is 2.18 bits per heavy atom. The lowest BCUT2D eigenvalue weighted by Gasteiger charge is -2.15. The van der Waals surface area contributed by atoms with E-state index in [-0.39, 0.29) is 16.5 Å². The van der Waals surface area contributed by atoms with Crippen LogP contribution in [0.5, 0.6) is 0 Å². The molecule has 0 atom stereocenters. The van der Waals surface area contributed by atoms with Crippen LogP contribution in [-0.4, -0.2) is 24.8 Å². The first-order valence-corrected chi connectivity index (χ1v) is 6.92. The summed E-state index contributed by atoms with van der Waals surface area (Å²) < 4.78 is 0. The zero-order valence-electron chi connectivity index (χ0n) is 11.6. The summed E-state index contributed by atoms with van der Waals surface area (Å²) >= 11 is 5.99. The van der Waals surface area contributed by atoms with Crippen LogP contribution >= 0.6 is 11.6 Å². The Kier molecular flexibility index (Phi) is 3.42. The SMILES string of the molecule is CNC(=O)c1cc(N2C(=O)c3ccccc3C2=O)ccc1Cl. The highest BCUT2D eigenvalue weighted by atomic mass is 35.5. The Balaban J connectivity index is 2.08. The molecule has 1 aliphatic heterocycles. The molecule has 3 amide bonds. The largest absolute Gasteiger partial charge is 0.355 e. The predicted molar refractivity (Wildman–Crippen MR) is 82.4 cm³/mol. The lowest BCUT2D eigenvalue weighted by molar-refractivity contribution is 0.0921. The molecule has 110 valence electrons. The van der Waals surface area contributed by atoms with Crippen molar-refractivity contribution in [2.45, 2.75) is 0 Å². The summed E-state index contributed by atoms with van der Waals surface area (Å²) in [4.78, 5) is 37.7. The normalized spacial score (nSPS) is 13.3. The summed E-state index contributed by atoms with van der Waals surface area (Å²) in [5, 5.41) is 2.72. The first kappa shape index (κ1) is 14.3. The van der Waals surface area contributed by atoms with E-state index in [0.29, 0.717) is 16.8 Å². The molecule has 0 aliphatic carbocycles. The van der Waals surface area contributed by atoms with E-state index >= 15 is 0 Å². The fourth-order valence-electron chi connectivity index (χ4n) is 2.38. The average Bonchev–Trinajstić information content (AvgIpc) is 2.79. The zero-order valence-corrected chi connectivity index (χ0v) is 12.3. The number of nitrogens with zero attached hydrogens (tertiary/aromatic N) is 1. The molecule has 0 aromatic heterocycles. The molecule has 0 spiro atoms. The van der Waals surface area contributed by atoms with Crippen LogP contribution in [-0.2, 0) is 0 Å². The Morgan fingerprint density at radius 2 is 1.64 bits per heavy atom. The lowest BCUT2D eigenvalue weighted by Crippen LogP contribution is -2.29. The van der Waals surface area contributed by atoms with Gasteiger partial charge in [0, 0.05) is 7.05 Å². The van der Waals surface area contributed by atoms with Crippen molar-refractivity contribution in [2.75, 3.05) is 11.9 Å². The van der Waals surface area contributed by atoms with Gasteiger partial charge in [0.1, 0.15) is 0 Å². The molecular formula is C16H11ClN2O3. The summed E-state index contributed by atoms with van der Waals surface area (Å²) in [5.74, 6) is -1.21. The molecule has 0 bridgehead atoms. The summed E-state index contributed by atoms with van der Waals surface area (Å²) in [6.07, 6.45) is 0. The van der Waals surface area contributed by atoms with Crippen molar-refractivity contribution in [3.05, 3.63) is 64.2 Å². The molecule has 0 saturated carbocycles. The van der Waals surface area contributed by atoms with Crippen molar-refractivity contribution < 1.29 is 14.4 Å². The molecule has 22 heavy (non-hydrogen) atoms. The van der Waals surface area contributed by atoms with Gasteiger partial charge in [0.25, 0.3) is 17.7 Å². The Hall–Kier alpha value is -2.66. The van der Waals surface area contributed by atoms with Crippen LogP contribution in [0.25, 0.3) is 0 Å². The molecule has 1 N–H and O–H groups in total. The van der Waals surface area contributed by atoms with Crippen molar-refractivity contribution in [1.29, 1.82) is 0 Å². The van der Waals surface area contributed by atoms with Gasteiger partial charge in [-0.15, -0.1) is 0 Å². The third kappa shape index (κ3) is 2.07. The second-order valence-corrected chi connectivity index (χ2v) is 5.14. The highest BCUT2D eigenvalue weighted by molar-refractivity contribution is 6.36. The van der Waals surface area contributed by atoms with Gasteiger partial charge in [0.05, 0.1) is 27.4 Å². The number of hydrogen-bond donors (Lipinski definition) is 1. The number of nitrogens with one attached hydrogen (secondary N) is 1. The maximum atomic E-state index is 12.4. The van der Waals surface area contributed by atoms with Crippen molar-refractivity contribution in [1.82, 2.24) is 5.32 Å². The monoisotopic (exact) mass is 314 g/mol. The number of halogens is 1. The molecule has 2 aromatic rings. The van der Waals surface area contributed by atoms with Gasteiger partial charge in [0.2, 0.25) is 0 Å². The standard InChI is InChI=1S/C16H11ClN2O3/c1-18-14(20)12-8-9(6-7-13(12)17)19-15(21)10-4-2-3-5-11(10)16(19)22/h2-8H,1H3,(H,18,20). The first-order chi connectivity index (χ1) is 10.5. The molecule has 0 saturated heterocycles. The van der Waals surface area contributed by atoms with Crippen LogP contribution in [0, 0.1) is 0 Å². The Labute approximate surface area is 131 Å². The molecule has 1 aliphatic rings. The van der Waals surface area contributed by atoms with Crippen LogP contribution in [0.15, 0.2) is 42.5 Å². The molecule has 1 heterocycles. The number of amides is 3. The summed E-state index contributed by atoms with van der Waals surface area (Å²) in [7, 11) is 1.48. The number of anilines is 1. The molecule has 0 unspecified atom stereocenters. The van der Waals surface area contributed by atoms with E-state index in [4.69, 9.17) is 11.6 Å². The highest BCUT2D eigenvalue weighted by Gasteiger charge is 2.36. The van der Waals surface area contributed by atoms with E-state index in [1.165, 1.54) is 25.2 Å². The van der Waals surface area contributed by atoms with E-state index in [1.807, 2.05) is 0 Å². The molecule has 3 rings (SSSR count). The summed E-state index contributed by atoms with van der Waals surface area (Å²) in [6.45, 7) is 0. The van der Waals surface area contributed by atoms with E-state index < -0.39 is 11.8 Å². The molecule has 0 radical (unpaired) electrons. The van der Waals surface area contributed by atoms with E-state index in [2.05, 4.69) is 5.32 Å². The fourth-order valence-corrected chi connectivity index (χ4v) is 2.59. The maximum Gasteiger partial charge on any atom is 0.266 e. The highest BCUT2D eigenvalue weighted by Crippen LogP contribution is 2.30. The number of carbonyl (C=O) groups excluding carboxylic acids is 3. The third-order valence-corrected chi connectivity index (χ3v) is 3.80. The number of rotatable bonds is 2. The predicted octanol–water partition coefficient (Wildman–Crippen LogP) is 2.50.